The van der Waals surface area contributed by atoms with Crippen molar-refractivity contribution in [1.82, 2.24) is 14.7 Å². The van der Waals surface area contributed by atoms with Crippen LogP contribution in [0.4, 0.5) is 4.79 Å². The minimum absolute atomic E-state index is 0.0523. The second-order valence-corrected chi connectivity index (χ2v) is 9.05. The summed E-state index contributed by atoms with van der Waals surface area (Å²) in [4.78, 5) is 54.4. The molecule has 4 rings (SSSR count). The number of piperidine rings is 1. The maximum atomic E-state index is 12.7. The summed E-state index contributed by atoms with van der Waals surface area (Å²) in [6, 6.07) is 6.92. The molecular weight excluding hydrogens is 446 g/mol. The number of ether oxygens (including phenoxy) is 2. The second kappa shape index (κ2) is 10.8. The predicted octanol–water partition coefficient (Wildman–Crippen LogP) is 1.97. The Hall–Kier alpha value is -2.85. The molecule has 1 aromatic rings. The summed E-state index contributed by atoms with van der Waals surface area (Å²) in [5.74, 6) is -0.192. The zero-order chi connectivity index (χ0) is 23.2. The molecule has 3 aliphatic rings. The standard InChI is InChI=1S/C23H27N3O6S/c27-20(24-8-2-1-3-9-24)15-26-22(29)19(33-23(26)30)14-17-4-6-18(7-5-17)32-16-21(28)25-10-12-31-13-11-25/h4-7,14H,1-3,8-13,15-16H2/b19-14+. The highest BCUT2D eigenvalue weighted by molar-refractivity contribution is 8.18. The van der Waals surface area contributed by atoms with Crippen molar-refractivity contribution in [1.29, 1.82) is 0 Å². The molecule has 3 saturated heterocycles. The molecule has 1 aromatic carbocycles. The highest BCUT2D eigenvalue weighted by Gasteiger charge is 2.37. The molecule has 0 N–H and O–H groups in total. The van der Waals surface area contributed by atoms with Crippen LogP contribution in [0.25, 0.3) is 6.08 Å². The molecule has 3 heterocycles. The Bertz CT molecular complexity index is 936. The molecular formula is C23H27N3O6S. The molecule has 4 amide bonds. The molecule has 176 valence electrons. The Morgan fingerprint density at radius 1 is 0.939 bits per heavy atom. The van der Waals surface area contributed by atoms with E-state index in [1.54, 1.807) is 40.1 Å². The molecule has 0 atom stereocenters. The van der Waals surface area contributed by atoms with Gasteiger partial charge in [-0.25, -0.2) is 0 Å². The van der Waals surface area contributed by atoms with E-state index in [1.807, 2.05) is 0 Å². The Labute approximate surface area is 196 Å². The van der Waals surface area contributed by atoms with E-state index in [4.69, 9.17) is 9.47 Å². The average Bonchev–Trinajstić information content (AvgIpc) is 3.11. The SMILES string of the molecule is O=C(COc1ccc(/C=C2/SC(=O)N(CC(=O)N3CCCCC3)C2=O)cc1)N1CCOCC1. The van der Waals surface area contributed by atoms with Gasteiger partial charge in [0.05, 0.1) is 18.1 Å². The van der Waals surface area contributed by atoms with E-state index in [0.717, 1.165) is 41.5 Å². The highest BCUT2D eigenvalue weighted by atomic mass is 32.2. The van der Waals surface area contributed by atoms with Crippen molar-refractivity contribution in [2.24, 2.45) is 0 Å². The second-order valence-electron chi connectivity index (χ2n) is 8.06. The summed E-state index contributed by atoms with van der Waals surface area (Å²) in [5, 5.41) is -0.432. The minimum Gasteiger partial charge on any atom is -0.484 e. The van der Waals surface area contributed by atoms with Gasteiger partial charge in [-0.2, -0.15) is 0 Å². The van der Waals surface area contributed by atoms with E-state index in [0.29, 0.717) is 45.1 Å². The van der Waals surface area contributed by atoms with E-state index in [2.05, 4.69) is 0 Å². The van der Waals surface area contributed by atoms with Crippen LogP contribution in [0.15, 0.2) is 29.2 Å². The van der Waals surface area contributed by atoms with Crippen molar-refractivity contribution < 1.29 is 28.7 Å². The maximum Gasteiger partial charge on any atom is 0.294 e. The number of amides is 4. The third-order valence-electron chi connectivity index (χ3n) is 5.78. The molecule has 0 aliphatic carbocycles. The molecule has 3 aliphatic heterocycles. The number of carbonyl (C=O) groups excluding carboxylic acids is 4. The Kier molecular flexibility index (Phi) is 7.66. The quantitative estimate of drug-likeness (QED) is 0.583. The molecule has 33 heavy (non-hydrogen) atoms. The van der Waals surface area contributed by atoms with Crippen molar-refractivity contribution in [2.45, 2.75) is 19.3 Å². The number of hydrogen-bond acceptors (Lipinski definition) is 7. The fourth-order valence-electron chi connectivity index (χ4n) is 3.88. The normalized spacial score (nSPS) is 20.5. The third-order valence-corrected chi connectivity index (χ3v) is 6.69. The van der Waals surface area contributed by atoms with Crippen LogP contribution in [0.2, 0.25) is 0 Å². The number of nitrogens with zero attached hydrogens (tertiary/aromatic N) is 3. The van der Waals surface area contributed by atoms with Crippen LogP contribution in [0.1, 0.15) is 24.8 Å². The summed E-state index contributed by atoms with van der Waals surface area (Å²) < 4.78 is 10.8. The lowest BCUT2D eigenvalue weighted by atomic mass is 10.1. The molecule has 0 saturated carbocycles. The van der Waals surface area contributed by atoms with Gasteiger partial charge in [0.2, 0.25) is 5.91 Å². The Morgan fingerprint density at radius 3 is 2.30 bits per heavy atom. The average molecular weight is 474 g/mol. The molecule has 0 aromatic heterocycles. The smallest absolute Gasteiger partial charge is 0.294 e. The van der Waals surface area contributed by atoms with Gasteiger partial charge in [-0.15, -0.1) is 0 Å². The van der Waals surface area contributed by atoms with Crippen molar-refractivity contribution in [3.8, 4) is 5.75 Å². The van der Waals surface area contributed by atoms with Crippen molar-refractivity contribution in [3.05, 3.63) is 34.7 Å². The molecule has 0 bridgehead atoms. The lowest BCUT2D eigenvalue weighted by molar-refractivity contribution is -0.137. The number of likely N-dealkylation sites (tertiary alicyclic amines) is 1. The molecule has 10 heteroatoms. The number of rotatable bonds is 6. The first kappa shape index (κ1) is 23.3. The van der Waals surface area contributed by atoms with Crippen LogP contribution < -0.4 is 4.74 Å². The largest absolute Gasteiger partial charge is 0.484 e. The van der Waals surface area contributed by atoms with Gasteiger partial charge in [-0.1, -0.05) is 12.1 Å². The van der Waals surface area contributed by atoms with Crippen LogP contribution in [0.3, 0.4) is 0 Å². The van der Waals surface area contributed by atoms with Gasteiger partial charge in [0.15, 0.2) is 6.61 Å². The van der Waals surface area contributed by atoms with Crippen LogP contribution in [-0.4, -0.2) is 90.2 Å². The van der Waals surface area contributed by atoms with Crippen LogP contribution in [0, 0.1) is 0 Å². The van der Waals surface area contributed by atoms with Crippen molar-refractivity contribution in [3.63, 3.8) is 0 Å². The Balaban J connectivity index is 1.31. The fraction of sp³-hybridized carbons (Fsp3) is 0.478. The lowest BCUT2D eigenvalue weighted by Crippen LogP contribution is -2.44. The Morgan fingerprint density at radius 2 is 1.61 bits per heavy atom. The monoisotopic (exact) mass is 473 g/mol. The topological polar surface area (TPSA) is 96.5 Å². The highest BCUT2D eigenvalue weighted by Crippen LogP contribution is 2.32. The fourth-order valence-corrected chi connectivity index (χ4v) is 4.71. The first-order valence-electron chi connectivity index (χ1n) is 11.1. The summed E-state index contributed by atoms with van der Waals surface area (Å²) in [5.41, 5.74) is 0.717. The van der Waals surface area contributed by atoms with E-state index in [-0.39, 0.29) is 29.9 Å². The van der Waals surface area contributed by atoms with E-state index >= 15 is 0 Å². The summed E-state index contributed by atoms with van der Waals surface area (Å²) in [6.07, 6.45) is 4.63. The molecule has 0 spiro atoms. The van der Waals surface area contributed by atoms with Gasteiger partial charge in [-0.05, 0) is 54.8 Å². The number of carbonyl (C=O) groups is 4. The first-order valence-corrected chi connectivity index (χ1v) is 11.9. The third kappa shape index (κ3) is 5.94. The summed E-state index contributed by atoms with van der Waals surface area (Å²) >= 11 is 0.836. The van der Waals surface area contributed by atoms with Crippen molar-refractivity contribution in [2.75, 3.05) is 52.5 Å². The zero-order valence-electron chi connectivity index (χ0n) is 18.4. The maximum absolute atomic E-state index is 12.7. The number of imide groups is 1. The van der Waals surface area contributed by atoms with Gasteiger partial charge in [-0.3, -0.25) is 24.1 Å². The zero-order valence-corrected chi connectivity index (χ0v) is 19.2. The van der Waals surface area contributed by atoms with Crippen LogP contribution in [0.5, 0.6) is 5.75 Å². The summed E-state index contributed by atoms with van der Waals surface area (Å²) in [7, 11) is 0. The molecule has 0 unspecified atom stereocenters. The van der Waals surface area contributed by atoms with Crippen LogP contribution >= 0.6 is 11.8 Å². The lowest BCUT2D eigenvalue weighted by Gasteiger charge is -2.27. The van der Waals surface area contributed by atoms with Crippen LogP contribution in [-0.2, 0) is 19.1 Å². The van der Waals surface area contributed by atoms with E-state index in [1.165, 1.54) is 0 Å². The molecule has 9 nitrogen and oxygen atoms in total. The predicted molar refractivity (Wildman–Crippen MR) is 122 cm³/mol. The van der Waals surface area contributed by atoms with Gasteiger partial charge < -0.3 is 19.3 Å². The molecule has 3 fully saturated rings. The number of thioether (sulfide) groups is 1. The first-order chi connectivity index (χ1) is 16.0. The number of benzene rings is 1. The van der Waals surface area contributed by atoms with Crippen molar-refractivity contribution >= 4 is 40.8 Å². The van der Waals surface area contributed by atoms with Gasteiger partial charge in [0, 0.05) is 26.2 Å². The van der Waals surface area contributed by atoms with Gasteiger partial charge in [0.1, 0.15) is 12.3 Å². The molecule has 0 radical (unpaired) electrons. The summed E-state index contributed by atoms with van der Waals surface area (Å²) in [6.45, 7) is 3.31. The minimum atomic E-state index is -0.452. The van der Waals surface area contributed by atoms with Gasteiger partial charge >= 0.3 is 0 Å². The number of hydrogen-bond donors (Lipinski definition) is 0. The number of morpholine rings is 1. The van der Waals surface area contributed by atoms with Gasteiger partial charge in [0.25, 0.3) is 17.1 Å². The van der Waals surface area contributed by atoms with E-state index in [9.17, 15) is 19.2 Å². The van der Waals surface area contributed by atoms with E-state index < -0.39 is 11.1 Å².